The van der Waals surface area contributed by atoms with E-state index >= 15 is 0 Å². The van der Waals surface area contributed by atoms with Crippen LogP contribution in [0.3, 0.4) is 0 Å². The summed E-state index contributed by atoms with van der Waals surface area (Å²) in [5.74, 6) is -0.776. The van der Waals surface area contributed by atoms with Gasteiger partial charge in [-0.3, -0.25) is 9.59 Å². The smallest absolute Gasteiger partial charge is 0.306 e. The van der Waals surface area contributed by atoms with Crippen molar-refractivity contribution < 1.29 is 14.3 Å². The van der Waals surface area contributed by atoms with Crippen molar-refractivity contribution in [2.75, 3.05) is 0 Å². The molecular formula is C16H29NO3. The molecule has 1 amide bonds. The third kappa shape index (κ3) is 6.40. The zero-order chi connectivity index (χ0) is 14.8. The molecule has 0 radical (unpaired) electrons. The second kappa shape index (κ2) is 8.98. The van der Waals surface area contributed by atoms with Crippen molar-refractivity contribution in [2.45, 2.75) is 89.6 Å². The van der Waals surface area contributed by atoms with Gasteiger partial charge in [-0.2, -0.15) is 0 Å². The van der Waals surface area contributed by atoms with E-state index in [0.717, 1.165) is 12.8 Å². The van der Waals surface area contributed by atoms with Crippen LogP contribution in [-0.2, 0) is 14.3 Å². The first-order chi connectivity index (χ1) is 9.60. The first-order valence-electron chi connectivity index (χ1n) is 8.12. The summed E-state index contributed by atoms with van der Waals surface area (Å²) in [4.78, 5) is 22.7. The van der Waals surface area contributed by atoms with Crippen LogP contribution in [-0.4, -0.2) is 17.5 Å². The summed E-state index contributed by atoms with van der Waals surface area (Å²) in [6.07, 6.45) is 12.5. The number of hydrogen-bond acceptors (Lipinski definition) is 3. The quantitative estimate of drug-likeness (QED) is 0.440. The van der Waals surface area contributed by atoms with E-state index in [4.69, 9.17) is 10.5 Å². The fourth-order valence-electron chi connectivity index (χ4n) is 2.36. The summed E-state index contributed by atoms with van der Waals surface area (Å²) in [7, 11) is 0. The molecule has 4 heteroatoms. The van der Waals surface area contributed by atoms with Gasteiger partial charge < -0.3 is 10.5 Å². The number of ether oxygens (including phenoxy) is 1. The molecule has 0 aromatic carbocycles. The Morgan fingerprint density at radius 2 is 1.45 bits per heavy atom. The molecule has 0 atom stereocenters. The molecule has 0 saturated heterocycles. The van der Waals surface area contributed by atoms with Gasteiger partial charge in [-0.1, -0.05) is 58.3 Å². The van der Waals surface area contributed by atoms with E-state index in [1.807, 2.05) is 0 Å². The zero-order valence-electron chi connectivity index (χ0n) is 12.8. The molecule has 0 aromatic rings. The molecule has 0 aliphatic heterocycles. The van der Waals surface area contributed by atoms with Gasteiger partial charge in [-0.05, 0) is 6.42 Å². The van der Waals surface area contributed by atoms with Crippen LogP contribution in [0.5, 0.6) is 0 Å². The summed E-state index contributed by atoms with van der Waals surface area (Å²) in [6.45, 7) is 2.23. The molecule has 2 N–H and O–H groups in total. The monoisotopic (exact) mass is 283 g/mol. The van der Waals surface area contributed by atoms with Gasteiger partial charge in [0.05, 0.1) is 0 Å². The Morgan fingerprint density at radius 1 is 0.950 bits per heavy atom. The van der Waals surface area contributed by atoms with Gasteiger partial charge in [-0.25, -0.2) is 0 Å². The largest absolute Gasteiger partial charge is 0.449 e. The van der Waals surface area contributed by atoms with Crippen LogP contribution in [0.25, 0.3) is 0 Å². The second-order valence-corrected chi connectivity index (χ2v) is 5.91. The summed E-state index contributed by atoms with van der Waals surface area (Å²) >= 11 is 0. The normalized spacial score (nSPS) is 15.8. The molecule has 1 rings (SSSR count). The van der Waals surface area contributed by atoms with E-state index < -0.39 is 11.5 Å². The van der Waals surface area contributed by atoms with Crippen molar-refractivity contribution in [2.24, 2.45) is 5.73 Å². The van der Waals surface area contributed by atoms with E-state index in [9.17, 15) is 9.59 Å². The standard InChI is InChI=1S/C16H29NO3/c1-2-3-4-5-6-7-8-9-10-11-14(18)20-16(12-13-16)15(17)19/h2-13H2,1H3,(H2,17,19). The average Bonchev–Trinajstić information content (AvgIpc) is 3.18. The lowest BCUT2D eigenvalue weighted by Gasteiger charge is -2.12. The molecule has 1 aliphatic rings. The third-order valence-electron chi connectivity index (χ3n) is 3.95. The highest BCUT2D eigenvalue weighted by Gasteiger charge is 2.52. The van der Waals surface area contributed by atoms with Gasteiger partial charge >= 0.3 is 5.97 Å². The molecule has 1 fully saturated rings. The van der Waals surface area contributed by atoms with Gasteiger partial charge in [-0.15, -0.1) is 0 Å². The number of nitrogens with two attached hydrogens (primary N) is 1. The SMILES string of the molecule is CCCCCCCCCCCC(=O)OC1(C(N)=O)CC1. The lowest BCUT2D eigenvalue weighted by Crippen LogP contribution is -2.35. The number of esters is 1. The predicted molar refractivity (Wildman–Crippen MR) is 79.1 cm³/mol. The van der Waals surface area contributed by atoms with Crippen LogP contribution >= 0.6 is 0 Å². The number of carbonyl (C=O) groups is 2. The minimum Gasteiger partial charge on any atom is -0.449 e. The van der Waals surface area contributed by atoms with Gasteiger partial charge in [0.15, 0.2) is 5.60 Å². The van der Waals surface area contributed by atoms with Gasteiger partial charge in [0.25, 0.3) is 5.91 Å². The third-order valence-corrected chi connectivity index (χ3v) is 3.95. The fraction of sp³-hybridized carbons (Fsp3) is 0.875. The molecule has 0 spiro atoms. The van der Waals surface area contributed by atoms with Gasteiger partial charge in [0.2, 0.25) is 0 Å². The van der Waals surface area contributed by atoms with E-state index in [-0.39, 0.29) is 5.97 Å². The minimum atomic E-state index is -0.948. The van der Waals surface area contributed by atoms with Crippen molar-refractivity contribution in [3.8, 4) is 0 Å². The number of hydrogen-bond donors (Lipinski definition) is 1. The van der Waals surface area contributed by atoms with E-state index in [0.29, 0.717) is 19.3 Å². The van der Waals surface area contributed by atoms with Crippen molar-refractivity contribution in [3.63, 3.8) is 0 Å². The predicted octanol–water partition coefficient (Wildman–Crippen LogP) is 3.47. The second-order valence-electron chi connectivity index (χ2n) is 5.91. The fourth-order valence-corrected chi connectivity index (χ4v) is 2.36. The van der Waals surface area contributed by atoms with E-state index in [2.05, 4.69) is 6.92 Å². The van der Waals surface area contributed by atoms with Crippen LogP contribution in [0.4, 0.5) is 0 Å². The maximum absolute atomic E-state index is 11.6. The molecule has 0 aromatic heterocycles. The lowest BCUT2D eigenvalue weighted by molar-refractivity contribution is -0.157. The molecule has 1 saturated carbocycles. The number of unbranched alkanes of at least 4 members (excludes halogenated alkanes) is 8. The molecular weight excluding hydrogens is 254 g/mol. The first-order valence-corrected chi connectivity index (χ1v) is 8.12. The number of amides is 1. The van der Waals surface area contributed by atoms with Crippen LogP contribution in [0.15, 0.2) is 0 Å². The molecule has 0 bridgehead atoms. The number of primary amides is 1. The summed E-state index contributed by atoms with van der Waals surface area (Å²) in [5, 5.41) is 0. The maximum atomic E-state index is 11.6. The van der Waals surface area contributed by atoms with Crippen molar-refractivity contribution in [3.05, 3.63) is 0 Å². The highest BCUT2D eigenvalue weighted by atomic mass is 16.6. The van der Waals surface area contributed by atoms with Crippen molar-refractivity contribution in [1.29, 1.82) is 0 Å². The summed E-state index contributed by atoms with van der Waals surface area (Å²) in [5.41, 5.74) is 4.26. The van der Waals surface area contributed by atoms with Crippen LogP contribution in [0, 0.1) is 0 Å². The van der Waals surface area contributed by atoms with Crippen LogP contribution < -0.4 is 5.73 Å². The first kappa shape index (κ1) is 17.0. The van der Waals surface area contributed by atoms with Crippen molar-refractivity contribution in [1.82, 2.24) is 0 Å². The maximum Gasteiger partial charge on any atom is 0.306 e. The molecule has 4 nitrogen and oxygen atoms in total. The Labute approximate surface area is 122 Å². The van der Waals surface area contributed by atoms with Crippen LogP contribution in [0.1, 0.15) is 84.0 Å². The Kier molecular flexibility index (Phi) is 7.63. The molecule has 20 heavy (non-hydrogen) atoms. The van der Waals surface area contributed by atoms with E-state index in [1.54, 1.807) is 0 Å². The molecule has 0 unspecified atom stereocenters. The Hall–Kier alpha value is -1.06. The highest BCUT2D eigenvalue weighted by molar-refractivity contribution is 5.89. The summed E-state index contributed by atoms with van der Waals surface area (Å²) < 4.78 is 5.17. The van der Waals surface area contributed by atoms with E-state index in [1.165, 1.54) is 44.9 Å². The number of rotatable bonds is 12. The van der Waals surface area contributed by atoms with Gasteiger partial charge in [0.1, 0.15) is 0 Å². The summed E-state index contributed by atoms with van der Waals surface area (Å²) in [6, 6.07) is 0. The topological polar surface area (TPSA) is 69.4 Å². The van der Waals surface area contributed by atoms with Crippen LogP contribution in [0.2, 0.25) is 0 Å². The molecule has 1 aliphatic carbocycles. The number of carbonyl (C=O) groups excluding carboxylic acids is 2. The van der Waals surface area contributed by atoms with Gasteiger partial charge in [0, 0.05) is 19.3 Å². The minimum absolute atomic E-state index is 0.274. The molecule has 116 valence electrons. The molecule has 0 heterocycles. The highest BCUT2D eigenvalue weighted by Crippen LogP contribution is 2.39. The zero-order valence-corrected chi connectivity index (χ0v) is 12.8. The Balaban J connectivity index is 1.91. The Morgan fingerprint density at radius 3 is 1.90 bits per heavy atom. The average molecular weight is 283 g/mol. The van der Waals surface area contributed by atoms with Crippen molar-refractivity contribution >= 4 is 11.9 Å². The Bertz CT molecular complexity index is 311. The lowest BCUT2D eigenvalue weighted by atomic mass is 10.1.